The molecule has 53 heavy (non-hydrogen) atoms. The standard InChI is InChI=1S/CHB52/c2-29-46(33(3)4)52(53(44(25)26)45(27)28)32(51(42(21)22)43(23)24)1(30(47(34(5)6)35(7)8)48(36(9)10)37(11)12)31(49(38(13)14)39(15)16)50(40(17)18)41(19)20/h1H. The average Bonchev–Trinajstić information content (AvgIpc) is 2.93. The summed E-state index contributed by atoms with van der Waals surface area (Å²) >= 11 is 0. The monoisotopic (exact) mass is 585 g/mol. The van der Waals surface area contributed by atoms with Gasteiger partial charge in [-0.25, -0.2) is 0 Å². The highest BCUT2D eigenvalue weighted by Crippen LogP contribution is 2.32. The number of rotatable bonds is 25. The van der Waals surface area contributed by atoms with Gasteiger partial charge in [0.15, 0.2) is 0 Å². The molecule has 0 unspecified atom stereocenters. The van der Waals surface area contributed by atoms with Gasteiger partial charge in [-0.15, -0.1) is 5.62 Å². The fraction of sp³-hybridized carbons (Fsp3) is 1.00. The Morgan fingerprint density at radius 3 is 0.528 bits per heavy atom. The van der Waals surface area contributed by atoms with Gasteiger partial charge in [-0.2, -0.15) is 0 Å². The van der Waals surface area contributed by atoms with Crippen LogP contribution in [0.1, 0.15) is 0 Å². The van der Waals surface area contributed by atoms with Crippen molar-refractivity contribution >= 4 is 370 Å². The smallest absolute Gasteiger partial charge is 0.0294 e. The first-order valence-electron chi connectivity index (χ1n) is 17.3. The minimum absolute atomic E-state index is 1.11. The van der Waals surface area contributed by atoms with E-state index in [9.17, 15) is 0 Å². The fourth-order valence-corrected chi connectivity index (χ4v) is 8.98. The third kappa shape index (κ3) is 15.4. The lowest BCUT2D eigenvalue weighted by atomic mass is 8.34. The van der Waals surface area contributed by atoms with Crippen LogP contribution >= 0.6 is 0 Å². The van der Waals surface area contributed by atoms with E-state index in [1.807, 2.05) is 0 Å². The summed E-state index contributed by atoms with van der Waals surface area (Å²) in [4.78, 5) is 0. The van der Waals surface area contributed by atoms with Crippen molar-refractivity contribution in [2.75, 3.05) is 0 Å². The highest BCUT2D eigenvalue weighted by atomic mass is 13.7. The molecule has 0 heterocycles. The van der Waals surface area contributed by atoms with E-state index < -0.39 is 159 Å². The lowest BCUT2D eigenvalue weighted by Gasteiger charge is -2.58. The maximum Gasteiger partial charge on any atom is 0.0294 e. The predicted molar refractivity (Wildman–Crippen MR) is 303 cm³/mol. The molecule has 52 heteroatoms. The first kappa shape index (κ1) is 56.4. The van der Waals surface area contributed by atoms with Crippen molar-refractivity contribution in [3.63, 3.8) is 0 Å². The molecule has 0 aliphatic rings. The van der Waals surface area contributed by atoms with Gasteiger partial charge in [0.2, 0.25) is 0 Å². The molecule has 0 aromatic heterocycles. The highest BCUT2D eigenvalue weighted by molar-refractivity contribution is 8.21. The zero-order chi connectivity index (χ0) is 42.1. The van der Waals surface area contributed by atoms with Crippen LogP contribution in [0.4, 0.5) is 0 Å². The van der Waals surface area contributed by atoms with Crippen LogP contribution in [0.2, 0.25) is 5.62 Å². The molecule has 0 spiro atoms. The van der Waals surface area contributed by atoms with Gasteiger partial charge in [0.05, 0.1) is 0 Å². The van der Waals surface area contributed by atoms with Crippen molar-refractivity contribution in [3.8, 4) is 0 Å². The van der Waals surface area contributed by atoms with Gasteiger partial charge in [-0.1, -0.05) is 0 Å². The van der Waals surface area contributed by atoms with Gasteiger partial charge in [0.1, 0.15) is 0 Å². The van der Waals surface area contributed by atoms with Crippen LogP contribution in [0.25, 0.3) is 0 Å². The van der Waals surface area contributed by atoms with E-state index in [-0.39, 0.29) is 0 Å². The summed E-state index contributed by atoms with van der Waals surface area (Å²) in [6.45, 7) is -3.88. The second kappa shape index (κ2) is 26.0. The topological polar surface area (TPSA) is 0 Å². The Balaban J connectivity index is 9.85. The molecule has 0 nitrogen and oxygen atoms in total. The molecule has 0 aliphatic carbocycles. The van der Waals surface area contributed by atoms with Crippen molar-refractivity contribution < 1.29 is 0 Å². The summed E-state index contributed by atoms with van der Waals surface area (Å²) in [5, 5.41) is 0. The third-order valence-electron chi connectivity index (χ3n) is 10.9. The molecule has 0 aromatic carbocycles. The Kier molecular flexibility index (Phi) is 27.6. The van der Waals surface area contributed by atoms with E-state index in [0.717, 1.165) is 0 Å². The van der Waals surface area contributed by atoms with Gasteiger partial charge < -0.3 is 0 Å². The molecule has 0 rings (SSSR count). The zero-order valence-electron chi connectivity index (χ0n) is 30.6. The Labute approximate surface area is 372 Å². The first-order chi connectivity index (χ1) is 24.1. The summed E-state index contributed by atoms with van der Waals surface area (Å²) in [6, 6.07) is 0. The molecule has 0 bridgehead atoms. The summed E-state index contributed by atoms with van der Waals surface area (Å²) < 4.78 is 0. The van der Waals surface area contributed by atoms with Gasteiger partial charge in [0.25, 0.3) is 0 Å². The first-order valence-corrected chi connectivity index (χ1v) is 17.3. The van der Waals surface area contributed by atoms with Crippen LogP contribution in [0.15, 0.2) is 0 Å². The third-order valence-corrected chi connectivity index (χ3v) is 10.9. The Morgan fingerprint density at radius 2 is 0.396 bits per heavy atom. The molecule has 0 N–H and O–H groups in total. The molecular weight excluding hydrogens is 574 g/mol. The Hall–Kier alpha value is 3.38. The molecule has 0 saturated carbocycles. The molecule has 161 valence electrons. The summed E-state index contributed by atoms with van der Waals surface area (Å²) in [5.41, 5.74) is -1.35. The van der Waals surface area contributed by atoms with Crippen LogP contribution < -0.4 is 0 Å². The second-order valence-electron chi connectivity index (χ2n) is 14.6. The summed E-state index contributed by atoms with van der Waals surface area (Å²) in [6.07, 6.45) is -27.4. The van der Waals surface area contributed by atoms with Crippen LogP contribution in [0, 0.1) is 0 Å². The Bertz CT molecular complexity index is 799. The van der Waals surface area contributed by atoms with E-state index in [1.54, 1.807) is 0 Å². The molecule has 0 atom stereocenters. The number of hydrogen-bond acceptors (Lipinski definition) is 0. The Morgan fingerprint density at radius 1 is 0.226 bits per heavy atom. The van der Waals surface area contributed by atoms with Gasteiger partial charge in [-0.3, -0.25) is 0 Å². The molecule has 0 amide bonds. The quantitative estimate of drug-likeness (QED) is 0.0951. The minimum atomic E-state index is -1.40. The van der Waals surface area contributed by atoms with E-state index in [0.29, 0.717) is 0 Å². The van der Waals surface area contributed by atoms with Crippen LogP contribution in [0.5, 0.6) is 0 Å². The maximum atomic E-state index is 6.56. The van der Waals surface area contributed by atoms with Crippen LogP contribution in [0.3, 0.4) is 0 Å². The molecule has 0 saturated heterocycles. The van der Waals surface area contributed by atoms with E-state index in [4.69, 9.17) is 209 Å². The lowest BCUT2D eigenvalue weighted by molar-refractivity contribution is 1.80. The molecule has 0 aromatic rings. The van der Waals surface area contributed by atoms with Crippen molar-refractivity contribution in [1.29, 1.82) is 0 Å². The van der Waals surface area contributed by atoms with E-state index >= 15 is 0 Å². The minimum Gasteiger partial charge on any atom is -0.146 e. The average molecular weight is 575 g/mol. The van der Waals surface area contributed by atoms with Gasteiger partial charge in [-0.05, 0) is 0 Å². The maximum absolute atomic E-state index is 6.56. The molecular formula is CHB52. The summed E-state index contributed by atoms with van der Waals surface area (Å²) in [7, 11) is 176. The van der Waals surface area contributed by atoms with Crippen molar-refractivity contribution in [2.45, 2.75) is 5.62 Å². The molecule has 55 radical (unpaired) electrons. The van der Waals surface area contributed by atoms with Gasteiger partial charge >= 0.3 is 0 Å². The number of hydrogen-bond donors (Lipinski definition) is 0. The molecule has 0 fully saturated rings. The van der Waals surface area contributed by atoms with Crippen LogP contribution in [-0.2, 0) is 0 Å². The van der Waals surface area contributed by atoms with Crippen LogP contribution in [-0.4, -0.2) is 370 Å². The van der Waals surface area contributed by atoms with Gasteiger partial charge in [0, 0.05) is 370 Å². The lowest BCUT2D eigenvalue weighted by Crippen LogP contribution is -2.89. The zero-order valence-corrected chi connectivity index (χ0v) is 30.6. The molecule has 0 aliphatic heterocycles. The SMILES string of the molecule is [B][B]B(B([B])[B])B(B(B([B])[B])B([B])[B])B(B(B([B])[B])B([B])[B])C(B(B(B([B])[B])B([B])[B])B(B([B])[B])B([B])[B])B(B(B([B])[B])B([B])[B])B(B([B])[B])B([B])[B]. The second-order valence-corrected chi connectivity index (χ2v) is 14.6. The van der Waals surface area contributed by atoms with Crippen molar-refractivity contribution in [3.05, 3.63) is 0 Å². The highest BCUT2D eigenvalue weighted by Gasteiger charge is 2.60. The largest absolute Gasteiger partial charge is 0.146 e. The van der Waals surface area contributed by atoms with Crippen molar-refractivity contribution in [2.24, 2.45) is 0 Å². The fourth-order valence-electron chi connectivity index (χ4n) is 8.98. The normalized spacial score (nSPS) is 9.83. The van der Waals surface area contributed by atoms with E-state index in [1.165, 1.54) is 7.06 Å². The van der Waals surface area contributed by atoms with E-state index in [2.05, 4.69) is 0 Å². The summed E-state index contributed by atoms with van der Waals surface area (Å²) in [5.74, 6) is 0. The van der Waals surface area contributed by atoms with Crippen molar-refractivity contribution in [1.82, 2.24) is 0 Å². The predicted octanol–water partition coefficient (Wildman–Crippen LogP) is -19.5.